The zero-order valence-electron chi connectivity index (χ0n) is 18.7. The molecule has 0 bridgehead atoms. The van der Waals surface area contributed by atoms with Gasteiger partial charge in [0.15, 0.2) is 0 Å². The highest BCUT2D eigenvalue weighted by atomic mass is 35.5. The second-order valence-electron chi connectivity index (χ2n) is 8.02. The van der Waals surface area contributed by atoms with Crippen molar-refractivity contribution in [1.29, 1.82) is 4.78 Å². The van der Waals surface area contributed by atoms with Crippen molar-refractivity contribution in [1.82, 2.24) is 10.1 Å². The van der Waals surface area contributed by atoms with Crippen molar-refractivity contribution in [3.8, 4) is 11.4 Å². The zero-order chi connectivity index (χ0) is 27.3. The lowest BCUT2D eigenvalue weighted by Gasteiger charge is -2.25. The first-order valence-corrected chi connectivity index (χ1v) is 12.3. The number of halogens is 6. The SMILES string of the molecule is COC(F)(c1nc(-c2cc3c(cc2F)S(=N)(=O)C[C@H](N)C(=O)N3Cc2ccc(Cl)cc2)no1)C(F)(F)F. The van der Waals surface area contributed by atoms with E-state index in [1.807, 2.05) is 0 Å². The number of rotatable bonds is 5. The van der Waals surface area contributed by atoms with Crippen LogP contribution in [0, 0.1) is 10.6 Å². The van der Waals surface area contributed by atoms with Gasteiger partial charge in [0.2, 0.25) is 11.7 Å². The summed E-state index contributed by atoms with van der Waals surface area (Å²) in [4.78, 5) is 17.1. The molecule has 198 valence electrons. The van der Waals surface area contributed by atoms with E-state index in [-0.39, 0.29) is 17.1 Å². The van der Waals surface area contributed by atoms with Crippen molar-refractivity contribution in [3.63, 3.8) is 0 Å². The number of amides is 1. The zero-order valence-corrected chi connectivity index (χ0v) is 20.3. The number of methoxy groups -OCH3 is 1. The summed E-state index contributed by atoms with van der Waals surface area (Å²) < 4.78 is 98.8. The summed E-state index contributed by atoms with van der Waals surface area (Å²) in [5, 5.41) is 3.64. The molecule has 3 aromatic rings. The Balaban J connectivity index is 1.88. The number of nitrogens with two attached hydrogens (primary N) is 1. The number of hydrogen-bond acceptors (Lipinski definition) is 8. The quantitative estimate of drug-likeness (QED) is 0.444. The van der Waals surface area contributed by atoms with E-state index in [1.165, 1.54) is 0 Å². The van der Waals surface area contributed by atoms with Gasteiger partial charge in [-0.05, 0) is 29.8 Å². The number of aromatic nitrogens is 2. The van der Waals surface area contributed by atoms with Crippen molar-refractivity contribution >= 4 is 32.9 Å². The maximum Gasteiger partial charge on any atom is 0.458 e. The Labute approximate surface area is 211 Å². The van der Waals surface area contributed by atoms with Crippen LogP contribution < -0.4 is 10.6 Å². The number of nitrogens with zero attached hydrogens (tertiary/aromatic N) is 3. The van der Waals surface area contributed by atoms with Gasteiger partial charge < -0.3 is 19.9 Å². The van der Waals surface area contributed by atoms with Crippen LogP contribution in [-0.4, -0.2) is 45.3 Å². The maximum absolute atomic E-state index is 15.1. The molecule has 1 aliphatic heterocycles. The number of benzene rings is 2. The van der Waals surface area contributed by atoms with Gasteiger partial charge in [-0.3, -0.25) is 4.79 Å². The number of anilines is 1. The molecule has 0 aliphatic carbocycles. The summed E-state index contributed by atoms with van der Waals surface area (Å²) in [6.45, 7) is -0.167. The number of hydrogen-bond donors (Lipinski definition) is 2. The number of nitrogens with one attached hydrogen (secondary N) is 1. The highest BCUT2D eigenvalue weighted by molar-refractivity contribution is 7.92. The van der Waals surface area contributed by atoms with E-state index in [2.05, 4.69) is 19.4 Å². The Morgan fingerprint density at radius 3 is 2.51 bits per heavy atom. The molecule has 0 spiro atoms. The molecule has 3 atom stereocenters. The van der Waals surface area contributed by atoms with Crippen molar-refractivity contribution in [3.05, 3.63) is 58.7 Å². The van der Waals surface area contributed by atoms with Crippen LogP contribution in [0.4, 0.5) is 27.6 Å². The molecular weight excluding hydrogens is 549 g/mol. The Morgan fingerprint density at radius 2 is 1.92 bits per heavy atom. The molecule has 1 amide bonds. The molecule has 2 heterocycles. The predicted octanol–water partition coefficient (Wildman–Crippen LogP) is 4.14. The van der Waals surface area contributed by atoms with Crippen LogP contribution in [0.15, 0.2) is 45.8 Å². The number of fused-ring (bicyclic) bond motifs is 1. The molecule has 4 rings (SSSR count). The van der Waals surface area contributed by atoms with Crippen LogP contribution >= 0.6 is 11.6 Å². The molecule has 3 N–H and O–H groups in total. The lowest BCUT2D eigenvalue weighted by atomic mass is 10.1. The molecule has 2 unspecified atom stereocenters. The minimum atomic E-state index is -5.60. The first kappa shape index (κ1) is 26.9. The fourth-order valence-corrected chi connectivity index (χ4v) is 5.40. The number of alkyl halides is 4. The first-order chi connectivity index (χ1) is 17.2. The molecule has 37 heavy (non-hydrogen) atoms. The van der Waals surface area contributed by atoms with Crippen molar-refractivity contribution in [2.24, 2.45) is 5.73 Å². The van der Waals surface area contributed by atoms with Gasteiger partial charge in [-0.15, -0.1) is 0 Å². The minimum absolute atomic E-state index is 0.167. The summed E-state index contributed by atoms with van der Waals surface area (Å²) in [7, 11) is -3.37. The van der Waals surface area contributed by atoms with Gasteiger partial charge in [-0.2, -0.15) is 22.5 Å². The van der Waals surface area contributed by atoms with Gasteiger partial charge in [0.05, 0.1) is 44.2 Å². The van der Waals surface area contributed by atoms with Gasteiger partial charge in [0.1, 0.15) is 5.82 Å². The summed E-state index contributed by atoms with van der Waals surface area (Å²) in [5.74, 6) is -9.51. The van der Waals surface area contributed by atoms with E-state index in [0.717, 1.165) is 11.0 Å². The lowest BCUT2D eigenvalue weighted by molar-refractivity contribution is -0.342. The van der Waals surface area contributed by atoms with Gasteiger partial charge in [-0.1, -0.05) is 28.9 Å². The molecule has 16 heteroatoms. The minimum Gasteiger partial charge on any atom is -0.335 e. The van der Waals surface area contributed by atoms with Gasteiger partial charge in [0.25, 0.3) is 0 Å². The molecule has 0 saturated heterocycles. The Kier molecular flexibility index (Phi) is 6.77. The second-order valence-corrected chi connectivity index (χ2v) is 10.6. The lowest BCUT2D eigenvalue weighted by Crippen LogP contribution is -2.45. The third kappa shape index (κ3) is 4.79. The van der Waals surface area contributed by atoms with Gasteiger partial charge in [0, 0.05) is 12.1 Å². The first-order valence-electron chi connectivity index (χ1n) is 10.2. The van der Waals surface area contributed by atoms with E-state index in [9.17, 15) is 26.6 Å². The average Bonchev–Trinajstić information content (AvgIpc) is 3.30. The Hall–Kier alpha value is -3.14. The van der Waals surface area contributed by atoms with Crippen molar-refractivity contribution in [2.75, 3.05) is 17.8 Å². The van der Waals surface area contributed by atoms with E-state index >= 15 is 4.39 Å². The molecule has 0 fully saturated rings. The largest absolute Gasteiger partial charge is 0.458 e. The van der Waals surface area contributed by atoms with Crippen LogP contribution in [0.2, 0.25) is 5.02 Å². The standard InChI is InChI=1S/C21H17ClF5N5O4S/c1-35-20(24,21(25,26)27)19-30-17(31-36-19)12-6-15-16(7-13(12)23)37(29,34)9-14(28)18(33)32(15)8-10-2-4-11(22)5-3-10/h2-7,14,29H,8-9,28H2,1H3/t14-,20?,37?/m0/s1. The smallest absolute Gasteiger partial charge is 0.335 e. The van der Waals surface area contributed by atoms with E-state index in [0.29, 0.717) is 23.8 Å². The molecular formula is C21H17ClF5N5O4S. The normalized spacial score (nSPS) is 21.9. The monoisotopic (exact) mass is 565 g/mol. The van der Waals surface area contributed by atoms with Crippen LogP contribution in [0.5, 0.6) is 0 Å². The predicted molar refractivity (Wildman–Crippen MR) is 120 cm³/mol. The second kappa shape index (κ2) is 9.31. The summed E-state index contributed by atoms with van der Waals surface area (Å²) in [6.07, 6.45) is -5.60. The molecule has 0 radical (unpaired) electrons. The highest BCUT2D eigenvalue weighted by Gasteiger charge is 2.63. The third-order valence-corrected chi connectivity index (χ3v) is 7.65. The number of carbonyl (C=O) groups is 1. The summed E-state index contributed by atoms with van der Waals surface area (Å²) in [5.41, 5.74) is 5.59. The van der Waals surface area contributed by atoms with E-state index < -0.39 is 62.6 Å². The summed E-state index contributed by atoms with van der Waals surface area (Å²) in [6, 6.07) is 6.48. The molecule has 9 nitrogen and oxygen atoms in total. The fraction of sp³-hybridized carbons (Fsp3) is 0.286. The van der Waals surface area contributed by atoms with Crippen LogP contribution in [-0.2, 0) is 31.7 Å². The van der Waals surface area contributed by atoms with Crippen LogP contribution in [0.3, 0.4) is 0 Å². The van der Waals surface area contributed by atoms with Gasteiger partial charge in [-0.25, -0.2) is 13.4 Å². The van der Waals surface area contributed by atoms with E-state index in [4.69, 9.17) is 22.1 Å². The molecule has 1 aliphatic rings. The Morgan fingerprint density at radius 1 is 1.27 bits per heavy atom. The number of carbonyl (C=O) groups excluding carboxylic acids is 1. The van der Waals surface area contributed by atoms with Gasteiger partial charge >= 0.3 is 17.9 Å². The maximum atomic E-state index is 15.1. The molecule has 0 saturated carbocycles. The fourth-order valence-electron chi connectivity index (χ4n) is 3.65. The number of ether oxygens (including phenoxy) is 1. The Bertz CT molecular complexity index is 1460. The molecule has 2 aromatic carbocycles. The highest BCUT2D eigenvalue weighted by Crippen LogP contribution is 2.43. The third-order valence-electron chi connectivity index (χ3n) is 5.53. The van der Waals surface area contributed by atoms with Crippen molar-refractivity contribution < 1.29 is 40.2 Å². The van der Waals surface area contributed by atoms with Crippen LogP contribution in [0.1, 0.15) is 11.5 Å². The topological polar surface area (TPSA) is 135 Å². The van der Waals surface area contributed by atoms with E-state index in [1.54, 1.807) is 24.3 Å². The average molecular weight is 566 g/mol. The van der Waals surface area contributed by atoms with Crippen LogP contribution in [0.25, 0.3) is 11.4 Å². The summed E-state index contributed by atoms with van der Waals surface area (Å²) >= 11 is 5.90. The van der Waals surface area contributed by atoms with Crippen molar-refractivity contribution in [2.45, 2.75) is 29.5 Å². The molecule has 1 aromatic heterocycles.